The lowest BCUT2D eigenvalue weighted by Gasteiger charge is -2.27. The molecule has 1 nitrogen and oxygen atoms in total. The molecule has 0 bridgehead atoms. The van der Waals surface area contributed by atoms with Crippen LogP contribution in [0.15, 0.2) is 121 Å². The molecular weight excluding hydrogens is 383 g/mol. The van der Waals surface area contributed by atoms with Crippen LogP contribution in [0, 0.1) is 0 Å². The average molecular weight is 405 g/mol. The number of benzene rings is 4. The van der Waals surface area contributed by atoms with E-state index in [4.69, 9.17) is 4.74 Å². The van der Waals surface area contributed by atoms with Crippen molar-refractivity contribution in [3.05, 3.63) is 121 Å². The highest BCUT2D eigenvalue weighted by molar-refractivity contribution is 7.95. The standard InChI is InChI=1S/C25H22OP.ClH/c1-5-13-22(14-6-1)26-21-27(23-15-7-2-8-16-23,24-17-9-3-10-18-24)25-19-11-4-12-20-25;/h1-20H,21H2;1H/q+1;/p-1. The van der Waals surface area contributed by atoms with Crippen LogP contribution in [0.5, 0.6) is 5.75 Å². The molecule has 0 aliphatic carbocycles. The van der Waals surface area contributed by atoms with Crippen molar-refractivity contribution in [1.82, 2.24) is 0 Å². The molecule has 0 heterocycles. The van der Waals surface area contributed by atoms with Crippen LogP contribution in [-0.2, 0) is 0 Å². The first-order valence-corrected chi connectivity index (χ1v) is 11.1. The molecule has 0 aliphatic heterocycles. The Balaban J connectivity index is 0.00000225. The van der Waals surface area contributed by atoms with E-state index < -0.39 is 7.26 Å². The highest BCUT2D eigenvalue weighted by Gasteiger charge is 2.46. The second-order valence-corrected chi connectivity index (χ2v) is 9.83. The Bertz CT molecular complexity index is 864. The van der Waals surface area contributed by atoms with Gasteiger partial charge in [-0.15, -0.1) is 0 Å². The highest BCUT2D eigenvalue weighted by Crippen LogP contribution is 2.55. The second kappa shape index (κ2) is 9.55. The Hall–Kier alpha value is -2.60. The van der Waals surface area contributed by atoms with Crippen LogP contribution in [0.4, 0.5) is 0 Å². The summed E-state index contributed by atoms with van der Waals surface area (Å²) in [5.74, 6) is 0.907. The number of para-hydroxylation sites is 1. The molecular formula is C25H22ClOP. The fourth-order valence-electron chi connectivity index (χ4n) is 3.41. The molecule has 0 radical (unpaired) electrons. The predicted molar refractivity (Wildman–Crippen MR) is 117 cm³/mol. The van der Waals surface area contributed by atoms with Gasteiger partial charge in [0.05, 0.1) is 0 Å². The van der Waals surface area contributed by atoms with Crippen LogP contribution in [0.25, 0.3) is 0 Å². The molecule has 0 atom stereocenters. The molecule has 0 fully saturated rings. The van der Waals surface area contributed by atoms with Crippen molar-refractivity contribution in [3.8, 4) is 5.75 Å². The molecule has 0 N–H and O–H groups in total. The number of ether oxygens (including phenoxy) is 1. The molecule has 0 unspecified atom stereocenters. The summed E-state index contributed by atoms with van der Waals surface area (Å²) < 4.78 is 6.38. The van der Waals surface area contributed by atoms with Crippen LogP contribution >= 0.6 is 7.26 Å². The van der Waals surface area contributed by atoms with Crippen LogP contribution < -0.4 is 33.1 Å². The van der Waals surface area contributed by atoms with Gasteiger partial charge >= 0.3 is 0 Å². The summed E-state index contributed by atoms with van der Waals surface area (Å²) in [6.07, 6.45) is 0.634. The Morgan fingerprint density at radius 1 is 0.464 bits per heavy atom. The zero-order valence-corrected chi connectivity index (χ0v) is 17.1. The molecule has 0 amide bonds. The van der Waals surface area contributed by atoms with E-state index in [1.54, 1.807) is 0 Å². The van der Waals surface area contributed by atoms with Crippen LogP contribution in [-0.4, -0.2) is 6.35 Å². The van der Waals surface area contributed by atoms with Crippen LogP contribution in [0.2, 0.25) is 0 Å². The van der Waals surface area contributed by atoms with Gasteiger partial charge in [-0.3, -0.25) is 0 Å². The van der Waals surface area contributed by atoms with Crippen molar-refractivity contribution < 1.29 is 17.1 Å². The lowest BCUT2D eigenvalue weighted by molar-refractivity contribution is -0.00000552. The third-order valence-corrected chi connectivity index (χ3v) is 8.81. The number of rotatable bonds is 6. The van der Waals surface area contributed by atoms with Gasteiger partial charge in [-0.2, -0.15) is 0 Å². The smallest absolute Gasteiger partial charge is 0.210 e. The van der Waals surface area contributed by atoms with E-state index in [9.17, 15) is 0 Å². The van der Waals surface area contributed by atoms with Crippen molar-refractivity contribution in [3.63, 3.8) is 0 Å². The lowest BCUT2D eigenvalue weighted by Crippen LogP contribution is -3.00. The molecule has 0 saturated heterocycles. The fourth-order valence-corrected chi connectivity index (χ4v) is 7.13. The van der Waals surface area contributed by atoms with Gasteiger partial charge in [-0.25, -0.2) is 0 Å². The molecule has 4 rings (SSSR count). The number of halogens is 1. The monoisotopic (exact) mass is 404 g/mol. The van der Waals surface area contributed by atoms with Gasteiger partial charge in [0, 0.05) is 0 Å². The fraction of sp³-hybridized carbons (Fsp3) is 0.0400. The molecule has 3 heteroatoms. The van der Waals surface area contributed by atoms with E-state index in [1.165, 1.54) is 15.9 Å². The molecule has 0 spiro atoms. The van der Waals surface area contributed by atoms with Crippen molar-refractivity contribution in [2.45, 2.75) is 0 Å². The Morgan fingerprint density at radius 2 is 0.786 bits per heavy atom. The summed E-state index contributed by atoms with van der Waals surface area (Å²) in [6.45, 7) is 0. The van der Waals surface area contributed by atoms with Gasteiger partial charge in [0.1, 0.15) is 21.7 Å². The molecule has 0 aliphatic rings. The average Bonchev–Trinajstić information content (AvgIpc) is 2.77. The minimum Gasteiger partial charge on any atom is -1.00 e. The third-order valence-electron chi connectivity index (χ3n) is 4.76. The van der Waals surface area contributed by atoms with Crippen molar-refractivity contribution in [2.24, 2.45) is 0 Å². The van der Waals surface area contributed by atoms with Gasteiger partial charge in [0.15, 0.2) is 7.26 Å². The molecule has 0 aromatic heterocycles. The highest BCUT2D eigenvalue weighted by atomic mass is 35.5. The first-order valence-electron chi connectivity index (χ1n) is 9.12. The molecule has 4 aromatic carbocycles. The quantitative estimate of drug-likeness (QED) is 0.447. The minimum absolute atomic E-state index is 0. The number of hydrogen-bond donors (Lipinski definition) is 0. The maximum Gasteiger partial charge on any atom is 0.210 e. The SMILES string of the molecule is [Cl-].c1ccc(OC[P+](c2ccccc2)(c2ccccc2)c2ccccc2)cc1. The summed E-state index contributed by atoms with van der Waals surface area (Å²) in [4.78, 5) is 0. The molecule has 28 heavy (non-hydrogen) atoms. The Kier molecular flexibility index (Phi) is 6.87. The van der Waals surface area contributed by atoms with Gasteiger partial charge in [-0.1, -0.05) is 72.8 Å². The van der Waals surface area contributed by atoms with E-state index in [0.29, 0.717) is 6.35 Å². The zero-order chi connectivity index (χ0) is 18.4. The Labute approximate surface area is 173 Å². The summed E-state index contributed by atoms with van der Waals surface area (Å²) >= 11 is 0. The van der Waals surface area contributed by atoms with E-state index >= 15 is 0 Å². The van der Waals surface area contributed by atoms with Gasteiger partial charge in [-0.05, 0) is 48.5 Å². The normalized spacial score (nSPS) is 10.7. The van der Waals surface area contributed by atoms with Crippen molar-refractivity contribution in [2.75, 3.05) is 6.35 Å². The number of hydrogen-bond acceptors (Lipinski definition) is 1. The van der Waals surface area contributed by atoms with Gasteiger partial charge in [0.2, 0.25) is 6.35 Å². The summed E-state index contributed by atoms with van der Waals surface area (Å²) in [7, 11) is -1.94. The van der Waals surface area contributed by atoms with Gasteiger partial charge in [0.25, 0.3) is 0 Å². The van der Waals surface area contributed by atoms with Crippen molar-refractivity contribution in [1.29, 1.82) is 0 Å². The molecule has 0 saturated carbocycles. The van der Waals surface area contributed by atoms with Crippen LogP contribution in [0.1, 0.15) is 0 Å². The van der Waals surface area contributed by atoms with E-state index in [0.717, 1.165) is 5.75 Å². The summed E-state index contributed by atoms with van der Waals surface area (Å²) in [5.41, 5.74) is 0. The first-order chi connectivity index (χ1) is 13.4. The molecule has 4 aromatic rings. The largest absolute Gasteiger partial charge is 1.00 e. The van der Waals surface area contributed by atoms with E-state index in [1.807, 2.05) is 30.3 Å². The van der Waals surface area contributed by atoms with Crippen LogP contribution in [0.3, 0.4) is 0 Å². The lowest BCUT2D eigenvalue weighted by atomic mass is 10.3. The topological polar surface area (TPSA) is 9.23 Å². The van der Waals surface area contributed by atoms with E-state index in [-0.39, 0.29) is 12.4 Å². The zero-order valence-electron chi connectivity index (χ0n) is 15.5. The third kappa shape index (κ3) is 4.12. The summed E-state index contributed by atoms with van der Waals surface area (Å²) in [6, 6.07) is 42.5. The van der Waals surface area contributed by atoms with E-state index in [2.05, 4.69) is 91.0 Å². The second-order valence-electron chi connectivity index (χ2n) is 6.40. The molecule has 140 valence electrons. The predicted octanol–water partition coefficient (Wildman–Crippen LogP) is 2.02. The minimum atomic E-state index is -1.94. The van der Waals surface area contributed by atoms with Crippen molar-refractivity contribution >= 4 is 23.2 Å². The maximum atomic E-state index is 6.38. The maximum absolute atomic E-state index is 6.38. The van der Waals surface area contributed by atoms with Gasteiger partial charge < -0.3 is 17.1 Å². The summed E-state index contributed by atoms with van der Waals surface area (Å²) in [5, 5.41) is 4.00. The first kappa shape index (κ1) is 20.1. The Morgan fingerprint density at radius 3 is 1.14 bits per heavy atom.